The van der Waals surface area contributed by atoms with Gasteiger partial charge in [0.2, 0.25) is 0 Å². The third-order valence-corrected chi connectivity index (χ3v) is 5.17. The van der Waals surface area contributed by atoms with E-state index in [1.165, 1.54) is 13.2 Å². The summed E-state index contributed by atoms with van der Waals surface area (Å²) in [6.45, 7) is 7.60. The van der Waals surface area contributed by atoms with Crippen molar-refractivity contribution in [1.82, 2.24) is 9.78 Å². The normalized spacial score (nSPS) is 19.6. The fraction of sp³-hybridized carbons (Fsp3) is 0.476. The lowest BCUT2D eigenvalue weighted by atomic mass is 9.73. The highest BCUT2D eigenvalue weighted by molar-refractivity contribution is 6.05. The van der Waals surface area contributed by atoms with Crippen molar-refractivity contribution in [2.24, 2.45) is 18.0 Å². The van der Waals surface area contributed by atoms with E-state index in [2.05, 4.69) is 10.1 Å². The summed E-state index contributed by atoms with van der Waals surface area (Å²) in [7, 11) is 3.01. The zero-order valence-electron chi connectivity index (χ0n) is 17.3. The smallest absolute Gasteiger partial charge is 0.416 e. The first kappa shape index (κ1) is 21.1. The summed E-state index contributed by atoms with van der Waals surface area (Å²) in [5.74, 6) is -1.50. The molecule has 1 aromatic heterocycles. The molecule has 0 amide bonds. The Morgan fingerprint density at radius 3 is 2.41 bits per heavy atom. The zero-order chi connectivity index (χ0) is 21.7. The average molecular weight is 407 g/mol. The molecule has 3 rings (SSSR count). The van der Waals surface area contributed by atoms with Crippen molar-refractivity contribution in [2.75, 3.05) is 7.11 Å². The van der Waals surface area contributed by atoms with Gasteiger partial charge in [0, 0.05) is 29.7 Å². The predicted octanol–water partition coefficient (Wildman–Crippen LogP) is 4.76. The molecular weight excluding hydrogens is 383 g/mol. The molecule has 0 N–H and O–H groups in total. The number of halogens is 3. The Labute approximate surface area is 167 Å². The number of carbonyl (C=O) groups excluding carboxylic acids is 1. The lowest BCUT2D eigenvalue weighted by Gasteiger charge is -2.32. The lowest BCUT2D eigenvalue weighted by Crippen LogP contribution is -2.34. The van der Waals surface area contributed by atoms with Gasteiger partial charge in [-0.15, -0.1) is 0 Å². The molecule has 0 saturated carbocycles. The quantitative estimate of drug-likeness (QED) is 0.675. The number of nitrogens with zero attached hydrogens (tertiary/aromatic N) is 3. The molecule has 156 valence electrons. The van der Waals surface area contributed by atoms with Crippen LogP contribution in [0.5, 0.6) is 0 Å². The topological polar surface area (TPSA) is 56.5 Å². The molecule has 29 heavy (non-hydrogen) atoms. The monoisotopic (exact) mass is 407 g/mol. The second-order valence-electron chi connectivity index (χ2n) is 8.31. The number of aromatic nitrogens is 2. The molecule has 0 radical (unpaired) electrons. The molecule has 1 aromatic carbocycles. The summed E-state index contributed by atoms with van der Waals surface area (Å²) < 4.78 is 46.7. The fourth-order valence-electron chi connectivity index (χ4n) is 3.85. The molecule has 5 nitrogen and oxygen atoms in total. The van der Waals surface area contributed by atoms with E-state index in [4.69, 9.17) is 4.74 Å². The van der Waals surface area contributed by atoms with E-state index in [0.29, 0.717) is 28.4 Å². The molecule has 2 aromatic rings. The van der Waals surface area contributed by atoms with Crippen LogP contribution < -0.4 is 0 Å². The Morgan fingerprint density at radius 2 is 1.86 bits per heavy atom. The van der Waals surface area contributed by atoms with Crippen LogP contribution in [0.15, 0.2) is 29.3 Å². The first-order chi connectivity index (χ1) is 13.4. The molecule has 0 fully saturated rings. The highest BCUT2D eigenvalue weighted by atomic mass is 19.4. The van der Waals surface area contributed by atoms with Gasteiger partial charge < -0.3 is 4.74 Å². The molecule has 8 heteroatoms. The maximum atomic E-state index is 13.4. The summed E-state index contributed by atoms with van der Waals surface area (Å²) >= 11 is 0. The summed E-state index contributed by atoms with van der Waals surface area (Å²) in [6, 6.07) is 5.09. The van der Waals surface area contributed by atoms with E-state index in [9.17, 15) is 18.0 Å². The molecule has 0 bridgehead atoms. The molecule has 0 aliphatic carbocycles. The Hall–Kier alpha value is -2.64. The Bertz CT molecular complexity index is 984. The molecule has 2 heterocycles. The van der Waals surface area contributed by atoms with E-state index >= 15 is 0 Å². The maximum Gasteiger partial charge on any atom is 0.416 e. The van der Waals surface area contributed by atoms with Crippen molar-refractivity contribution in [3.8, 4) is 0 Å². The number of benzene rings is 1. The van der Waals surface area contributed by atoms with Crippen LogP contribution in [0.25, 0.3) is 0 Å². The number of fused-ring (bicyclic) bond motifs is 1. The summed E-state index contributed by atoms with van der Waals surface area (Å²) in [4.78, 5) is 17.2. The van der Waals surface area contributed by atoms with Gasteiger partial charge in [0.25, 0.3) is 0 Å². The minimum Gasteiger partial charge on any atom is -0.468 e. The third kappa shape index (κ3) is 3.68. The van der Waals surface area contributed by atoms with Gasteiger partial charge in [-0.05, 0) is 18.6 Å². The number of carbonyl (C=O) groups is 1. The van der Waals surface area contributed by atoms with Crippen LogP contribution in [0, 0.1) is 5.92 Å². The largest absolute Gasteiger partial charge is 0.468 e. The van der Waals surface area contributed by atoms with Crippen LogP contribution in [0.2, 0.25) is 0 Å². The van der Waals surface area contributed by atoms with E-state index in [1.807, 2.05) is 20.8 Å². The van der Waals surface area contributed by atoms with E-state index in [-0.39, 0.29) is 0 Å². The Balaban J connectivity index is 2.33. The molecule has 2 atom stereocenters. The van der Waals surface area contributed by atoms with Gasteiger partial charge in [-0.1, -0.05) is 39.0 Å². The summed E-state index contributed by atoms with van der Waals surface area (Å²) in [6.07, 6.45) is -4.49. The number of ether oxygens (including phenoxy) is 1. The number of hydrogen-bond donors (Lipinski definition) is 0. The first-order valence-corrected chi connectivity index (χ1v) is 9.23. The van der Waals surface area contributed by atoms with Crippen molar-refractivity contribution in [3.05, 3.63) is 46.6 Å². The first-order valence-electron chi connectivity index (χ1n) is 9.23. The van der Waals surface area contributed by atoms with Crippen LogP contribution in [0.4, 0.5) is 19.0 Å². The van der Waals surface area contributed by atoms with Gasteiger partial charge in [-0.2, -0.15) is 18.3 Å². The van der Waals surface area contributed by atoms with E-state index in [1.54, 1.807) is 24.7 Å². The molecule has 1 aliphatic rings. The van der Waals surface area contributed by atoms with Gasteiger partial charge >= 0.3 is 12.1 Å². The molecule has 1 aliphatic heterocycles. The summed E-state index contributed by atoms with van der Waals surface area (Å²) in [5, 5.41) is 4.60. The fourth-order valence-corrected chi connectivity index (χ4v) is 3.85. The zero-order valence-corrected chi connectivity index (χ0v) is 17.3. The molecule has 0 spiro atoms. The highest BCUT2D eigenvalue weighted by Crippen LogP contribution is 2.47. The molecular formula is C21H24F3N3O2. The molecule has 0 saturated heterocycles. The van der Waals surface area contributed by atoms with Crippen LogP contribution in [0.3, 0.4) is 0 Å². The minimum atomic E-state index is -4.49. The number of esters is 1. The van der Waals surface area contributed by atoms with Crippen molar-refractivity contribution >= 4 is 17.5 Å². The minimum absolute atomic E-state index is 0.379. The number of aryl methyl sites for hydroxylation is 1. The lowest BCUT2D eigenvalue weighted by molar-refractivity contribution is -0.143. The summed E-state index contributed by atoms with van der Waals surface area (Å²) in [5.41, 5.74) is 1.07. The number of aliphatic imine (C=N–C) groups is 1. The maximum absolute atomic E-state index is 13.4. The van der Waals surface area contributed by atoms with Crippen molar-refractivity contribution in [3.63, 3.8) is 0 Å². The van der Waals surface area contributed by atoms with Gasteiger partial charge in [0.05, 0.1) is 18.4 Å². The Kier molecular flexibility index (Phi) is 5.09. The second kappa shape index (κ2) is 7.00. The van der Waals surface area contributed by atoms with E-state index in [0.717, 1.165) is 12.1 Å². The van der Waals surface area contributed by atoms with Crippen LogP contribution >= 0.6 is 0 Å². The number of hydrogen-bond acceptors (Lipinski definition) is 4. The van der Waals surface area contributed by atoms with Gasteiger partial charge in [-0.3, -0.25) is 9.48 Å². The Morgan fingerprint density at radius 1 is 1.21 bits per heavy atom. The van der Waals surface area contributed by atoms with Gasteiger partial charge in [0.15, 0.2) is 5.82 Å². The van der Waals surface area contributed by atoms with Crippen LogP contribution in [-0.2, 0) is 28.2 Å². The van der Waals surface area contributed by atoms with Crippen LogP contribution in [0.1, 0.15) is 56.0 Å². The van der Waals surface area contributed by atoms with Crippen LogP contribution in [-0.4, -0.2) is 28.6 Å². The van der Waals surface area contributed by atoms with E-state index < -0.39 is 35.0 Å². The van der Waals surface area contributed by atoms with Crippen molar-refractivity contribution in [1.29, 1.82) is 0 Å². The second-order valence-corrected chi connectivity index (χ2v) is 8.31. The predicted molar refractivity (Wildman–Crippen MR) is 103 cm³/mol. The van der Waals surface area contributed by atoms with Gasteiger partial charge in [-0.25, -0.2) is 4.99 Å². The van der Waals surface area contributed by atoms with Crippen molar-refractivity contribution < 1.29 is 22.7 Å². The number of methoxy groups -OCH3 is 1. The number of rotatable bonds is 2. The van der Waals surface area contributed by atoms with Crippen molar-refractivity contribution in [2.45, 2.75) is 45.2 Å². The average Bonchev–Trinajstić information content (AvgIpc) is 2.96. The third-order valence-electron chi connectivity index (χ3n) is 5.17. The standard InChI is InChI=1S/C21H24F3N3O2/c1-11-14(19(28)29-6)15(12-8-7-9-13(10-12)21(22,23)24)16-17(20(2,3)4)26-27(5)18(16)25-11/h7-10,14-15H,1-6H3. The SMILES string of the molecule is COC(=O)C1C(C)=Nc2c(c(C(C)(C)C)nn2C)C1c1cccc(C(F)(F)F)c1. The molecule has 2 unspecified atom stereocenters. The number of alkyl halides is 3. The highest BCUT2D eigenvalue weighted by Gasteiger charge is 2.44. The van der Waals surface area contributed by atoms with Gasteiger partial charge in [0.1, 0.15) is 5.92 Å².